The SMILES string of the molecule is CCCNC(c1cccnc1N)c1ncccc1F. The number of nitrogens with two attached hydrogens (primary N) is 1. The Kier molecular flexibility index (Phi) is 4.41. The first-order valence-corrected chi connectivity index (χ1v) is 6.28. The third-order valence-corrected chi connectivity index (χ3v) is 2.84. The lowest BCUT2D eigenvalue weighted by molar-refractivity contribution is 0.531. The molecule has 0 saturated heterocycles. The van der Waals surface area contributed by atoms with Crippen molar-refractivity contribution < 1.29 is 4.39 Å². The Bertz CT molecular complexity index is 499. The van der Waals surface area contributed by atoms with Crippen LogP contribution in [-0.4, -0.2) is 16.5 Å². The van der Waals surface area contributed by atoms with Gasteiger partial charge in [0.1, 0.15) is 11.6 Å². The molecule has 100 valence electrons. The number of nitrogens with one attached hydrogen (secondary N) is 1. The number of halogens is 1. The summed E-state index contributed by atoms with van der Waals surface area (Å²) in [6.07, 6.45) is 4.13. The minimum atomic E-state index is -0.380. The number of rotatable bonds is 5. The third-order valence-electron chi connectivity index (χ3n) is 2.84. The maximum absolute atomic E-state index is 13.9. The van der Waals surface area contributed by atoms with E-state index in [1.165, 1.54) is 6.07 Å². The first-order chi connectivity index (χ1) is 9.24. The Hall–Kier alpha value is -2.01. The van der Waals surface area contributed by atoms with Crippen LogP contribution in [0.3, 0.4) is 0 Å². The molecule has 0 spiro atoms. The van der Waals surface area contributed by atoms with Crippen molar-refractivity contribution in [2.75, 3.05) is 12.3 Å². The fourth-order valence-corrected chi connectivity index (χ4v) is 1.93. The van der Waals surface area contributed by atoms with E-state index in [4.69, 9.17) is 5.73 Å². The highest BCUT2D eigenvalue weighted by Crippen LogP contribution is 2.25. The van der Waals surface area contributed by atoms with Crippen molar-refractivity contribution in [1.82, 2.24) is 15.3 Å². The molecule has 1 atom stereocenters. The van der Waals surface area contributed by atoms with Gasteiger partial charge < -0.3 is 11.1 Å². The normalized spacial score (nSPS) is 12.3. The molecule has 0 bridgehead atoms. The summed E-state index contributed by atoms with van der Waals surface area (Å²) in [6, 6.07) is 6.21. The van der Waals surface area contributed by atoms with E-state index in [0.29, 0.717) is 11.5 Å². The summed E-state index contributed by atoms with van der Waals surface area (Å²) in [5.74, 6) is 0.0421. The molecular formula is C14H17FN4. The molecule has 2 aromatic rings. The fourth-order valence-electron chi connectivity index (χ4n) is 1.93. The molecule has 0 aliphatic carbocycles. The van der Waals surface area contributed by atoms with Crippen molar-refractivity contribution >= 4 is 5.82 Å². The highest BCUT2D eigenvalue weighted by Gasteiger charge is 2.20. The summed E-state index contributed by atoms with van der Waals surface area (Å²) in [4.78, 5) is 8.18. The van der Waals surface area contributed by atoms with Crippen LogP contribution in [0.2, 0.25) is 0 Å². The molecular weight excluding hydrogens is 243 g/mol. The van der Waals surface area contributed by atoms with Crippen molar-refractivity contribution in [2.24, 2.45) is 0 Å². The number of aromatic nitrogens is 2. The van der Waals surface area contributed by atoms with Gasteiger partial charge in [-0.05, 0) is 31.2 Å². The number of nitrogen functional groups attached to an aromatic ring is 1. The summed E-state index contributed by atoms with van der Waals surface area (Å²) < 4.78 is 13.9. The average Bonchev–Trinajstić information content (AvgIpc) is 2.42. The van der Waals surface area contributed by atoms with E-state index in [1.54, 1.807) is 24.5 Å². The molecule has 0 amide bonds. The quantitative estimate of drug-likeness (QED) is 0.865. The molecule has 2 aromatic heterocycles. The number of nitrogens with zero attached hydrogens (tertiary/aromatic N) is 2. The Morgan fingerprint density at radius 3 is 2.68 bits per heavy atom. The zero-order valence-corrected chi connectivity index (χ0v) is 10.8. The largest absolute Gasteiger partial charge is 0.383 e. The van der Waals surface area contributed by atoms with Crippen LogP contribution in [0.25, 0.3) is 0 Å². The minimum Gasteiger partial charge on any atom is -0.383 e. The summed E-state index contributed by atoms with van der Waals surface area (Å²) >= 11 is 0. The highest BCUT2D eigenvalue weighted by atomic mass is 19.1. The van der Waals surface area contributed by atoms with Gasteiger partial charge in [-0.1, -0.05) is 13.0 Å². The molecule has 19 heavy (non-hydrogen) atoms. The Morgan fingerprint density at radius 2 is 2.00 bits per heavy atom. The van der Waals surface area contributed by atoms with Gasteiger partial charge in [-0.2, -0.15) is 0 Å². The highest BCUT2D eigenvalue weighted by molar-refractivity contribution is 5.44. The molecule has 0 aliphatic rings. The smallest absolute Gasteiger partial charge is 0.146 e. The van der Waals surface area contributed by atoms with Gasteiger partial charge >= 0.3 is 0 Å². The van der Waals surface area contributed by atoms with Gasteiger partial charge in [-0.25, -0.2) is 9.37 Å². The van der Waals surface area contributed by atoms with Crippen molar-refractivity contribution in [1.29, 1.82) is 0 Å². The van der Waals surface area contributed by atoms with Gasteiger partial charge in [0, 0.05) is 18.0 Å². The van der Waals surface area contributed by atoms with E-state index in [9.17, 15) is 4.39 Å². The standard InChI is InChI=1S/C14H17FN4/c1-2-7-17-12(10-5-3-9-19-14(10)16)13-11(15)6-4-8-18-13/h3-6,8-9,12,17H,2,7H2,1H3,(H2,16,19). The predicted octanol–water partition coefficient (Wildman–Crippen LogP) is 2.29. The van der Waals surface area contributed by atoms with Gasteiger partial charge in [0.05, 0.1) is 11.7 Å². The number of anilines is 1. The molecule has 2 rings (SSSR count). The topological polar surface area (TPSA) is 63.8 Å². The molecule has 0 radical (unpaired) electrons. The molecule has 0 fully saturated rings. The summed E-state index contributed by atoms with van der Waals surface area (Å²) in [5, 5.41) is 3.26. The third kappa shape index (κ3) is 3.06. The van der Waals surface area contributed by atoms with Gasteiger partial charge in [0.15, 0.2) is 0 Å². The molecule has 5 heteroatoms. The summed E-state index contributed by atoms with van der Waals surface area (Å²) in [5.41, 5.74) is 6.97. The Balaban J connectivity index is 2.42. The monoisotopic (exact) mass is 260 g/mol. The summed E-state index contributed by atoms with van der Waals surface area (Å²) in [7, 11) is 0. The van der Waals surface area contributed by atoms with Gasteiger partial charge in [0.2, 0.25) is 0 Å². The van der Waals surface area contributed by atoms with E-state index < -0.39 is 0 Å². The van der Waals surface area contributed by atoms with Gasteiger partial charge in [-0.15, -0.1) is 0 Å². The van der Waals surface area contributed by atoms with Gasteiger partial charge in [0.25, 0.3) is 0 Å². The van der Waals surface area contributed by atoms with Crippen molar-refractivity contribution in [3.63, 3.8) is 0 Å². The molecule has 3 N–H and O–H groups in total. The summed E-state index contributed by atoms with van der Waals surface area (Å²) in [6.45, 7) is 2.79. The number of pyridine rings is 2. The second kappa shape index (κ2) is 6.24. The van der Waals surface area contributed by atoms with Crippen LogP contribution < -0.4 is 11.1 Å². The van der Waals surface area contributed by atoms with E-state index in [-0.39, 0.29) is 11.9 Å². The maximum Gasteiger partial charge on any atom is 0.146 e. The maximum atomic E-state index is 13.9. The number of hydrogen-bond donors (Lipinski definition) is 2. The lowest BCUT2D eigenvalue weighted by Crippen LogP contribution is -2.26. The minimum absolute atomic E-state index is 0.343. The molecule has 2 heterocycles. The van der Waals surface area contributed by atoms with E-state index in [0.717, 1.165) is 18.5 Å². The van der Waals surface area contributed by atoms with Crippen LogP contribution in [-0.2, 0) is 0 Å². The molecule has 0 aliphatic heterocycles. The average molecular weight is 260 g/mol. The Morgan fingerprint density at radius 1 is 1.26 bits per heavy atom. The second-order valence-corrected chi connectivity index (χ2v) is 4.24. The van der Waals surface area contributed by atoms with Crippen LogP contribution in [0.15, 0.2) is 36.7 Å². The molecule has 4 nitrogen and oxygen atoms in total. The zero-order valence-electron chi connectivity index (χ0n) is 10.8. The van der Waals surface area contributed by atoms with E-state index in [2.05, 4.69) is 15.3 Å². The predicted molar refractivity (Wildman–Crippen MR) is 73.0 cm³/mol. The number of hydrogen-bond acceptors (Lipinski definition) is 4. The van der Waals surface area contributed by atoms with Crippen LogP contribution in [0.5, 0.6) is 0 Å². The lowest BCUT2D eigenvalue weighted by Gasteiger charge is -2.19. The van der Waals surface area contributed by atoms with E-state index >= 15 is 0 Å². The molecule has 0 aromatic carbocycles. The molecule has 0 saturated carbocycles. The van der Waals surface area contributed by atoms with Crippen molar-refractivity contribution in [3.8, 4) is 0 Å². The van der Waals surface area contributed by atoms with Crippen LogP contribution in [0, 0.1) is 5.82 Å². The van der Waals surface area contributed by atoms with E-state index in [1.807, 2.05) is 13.0 Å². The van der Waals surface area contributed by atoms with Crippen LogP contribution >= 0.6 is 0 Å². The van der Waals surface area contributed by atoms with Gasteiger partial charge in [-0.3, -0.25) is 4.98 Å². The Labute approximate surface area is 111 Å². The van der Waals surface area contributed by atoms with Crippen molar-refractivity contribution in [3.05, 3.63) is 53.7 Å². The lowest BCUT2D eigenvalue weighted by atomic mass is 10.0. The second-order valence-electron chi connectivity index (χ2n) is 4.24. The zero-order chi connectivity index (χ0) is 13.7. The van der Waals surface area contributed by atoms with Crippen LogP contribution in [0.1, 0.15) is 30.6 Å². The molecule has 1 unspecified atom stereocenters. The first-order valence-electron chi connectivity index (χ1n) is 6.28. The fraction of sp³-hybridized carbons (Fsp3) is 0.286. The first kappa shape index (κ1) is 13.4. The van der Waals surface area contributed by atoms with Crippen LogP contribution in [0.4, 0.5) is 10.2 Å². The van der Waals surface area contributed by atoms with Crippen molar-refractivity contribution in [2.45, 2.75) is 19.4 Å².